The van der Waals surface area contributed by atoms with Gasteiger partial charge in [0.25, 0.3) is 0 Å². The van der Waals surface area contributed by atoms with Crippen LogP contribution in [0.3, 0.4) is 0 Å². The Bertz CT molecular complexity index is 549. The number of nitriles is 1. The van der Waals surface area contributed by atoms with E-state index in [0.29, 0.717) is 0 Å². The van der Waals surface area contributed by atoms with Gasteiger partial charge in [0.05, 0.1) is 16.4 Å². The van der Waals surface area contributed by atoms with Crippen LogP contribution < -0.4 is 4.72 Å². The molecule has 17 heavy (non-hydrogen) atoms. The number of nitrogens with zero attached hydrogens (tertiary/aromatic N) is 2. The summed E-state index contributed by atoms with van der Waals surface area (Å²) in [7, 11) is -3.65. The molecule has 1 rings (SSSR count). The summed E-state index contributed by atoms with van der Waals surface area (Å²) in [5, 5.41) is 8.89. The molecule has 1 N–H and O–H groups in total. The highest BCUT2D eigenvalue weighted by atomic mass is 35.5. The third-order valence-corrected chi connectivity index (χ3v) is 3.62. The van der Waals surface area contributed by atoms with Crippen molar-refractivity contribution < 1.29 is 8.42 Å². The molecule has 1 aromatic rings. The Morgan fingerprint density at radius 1 is 1.59 bits per heavy atom. The van der Waals surface area contributed by atoms with Crippen LogP contribution in [0.25, 0.3) is 0 Å². The maximum atomic E-state index is 11.8. The fourth-order valence-corrected chi connectivity index (χ4v) is 2.41. The van der Waals surface area contributed by atoms with Gasteiger partial charge in [-0.3, -0.25) is 0 Å². The number of sulfonamides is 1. The highest BCUT2D eigenvalue weighted by Crippen LogP contribution is 2.15. The van der Waals surface area contributed by atoms with Crippen molar-refractivity contribution in [1.82, 2.24) is 9.71 Å². The second-order valence-corrected chi connectivity index (χ2v) is 6.29. The number of hydrogen-bond acceptors (Lipinski definition) is 4. The van der Waals surface area contributed by atoms with E-state index in [9.17, 15) is 8.42 Å². The molecule has 0 unspecified atom stereocenters. The van der Waals surface area contributed by atoms with Gasteiger partial charge in [0.1, 0.15) is 5.15 Å². The van der Waals surface area contributed by atoms with E-state index in [-0.39, 0.29) is 16.6 Å². The van der Waals surface area contributed by atoms with Crippen LogP contribution in [-0.2, 0) is 10.0 Å². The van der Waals surface area contributed by atoms with Gasteiger partial charge < -0.3 is 0 Å². The molecule has 0 saturated carbocycles. The molecule has 1 aromatic heterocycles. The predicted molar refractivity (Wildman–Crippen MR) is 63.8 cm³/mol. The van der Waals surface area contributed by atoms with Crippen LogP contribution >= 0.6 is 11.6 Å². The molecule has 0 aliphatic heterocycles. The van der Waals surface area contributed by atoms with Crippen LogP contribution in [0.15, 0.2) is 23.2 Å². The van der Waals surface area contributed by atoms with Crippen molar-refractivity contribution in [2.24, 2.45) is 5.41 Å². The van der Waals surface area contributed by atoms with Gasteiger partial charge in [-0.25, -0.2) is 18.1 Å². The number of hydrogen-bond donors (Lipinski definition) is 1. The maximum Gasteiger partial charge on any atom is 0.240 e. The molecule has 1 heterocycles. The van der Waals surface area contributed by atoms with Crippen molar-refractivity contribution in [3.05, 3.63) is 23.5 Å². The number of rotatable bonds is 4. The summed E-state index contributed by atoms with van der Waals surface area (Å²) in [6.07, 6.45) is 1.31. The highest BCUT2D eigenvalue weighted by Gasteiger charge is 2.22. The minimum Gasteiger partial charge on any atom is -0.244 e. The van der Waals surface area contributed by atoms with Gasteiger partial charge in [0.15, 0.2) is 0 Å². The van der Waals surface area contributed by atoms with Gasteiger partial charge in [-0.2, -0.15) is 5.26 Å². The minimum atomic E-state index is -3.65. The molecule has 0 aliphatic carbocycles. The molecule has 0 radical (unpaired) electrons. The summed E-state index contributed by atoms with van der Waals surface area (Å²) < 4.78 is 26.0. The zero-order valence-electron chi connectivity index (χ0n) is 9.44. The second-order valence-electron chi connectivity index (χ2n) is 4.13. The van der Waals surface area contributed by atoms with Crippen LogP contribution in [0.5, 0.6) is 0 Å². The average Bonchev–Trinajstić information content (AvgIpc) is 2.27. The van der Waals surface area contributed by atoms with Gasteiger partial charge in [0.2, 0.25) is 10.0 Å². The Balaban J connectivity index is 2.88. The molecule has 0 saturated heterocycles. The molecular formula is C10H12ClN3O2S. The zero-order chi connectivity index (χ0) is 13.1. The lowest BCUT2D eigenvalue weighted by Crippen LogP contribution is -2.33. The van der Waals surface area contributed by atoms with Gasteiger partial charge >= 0.3 is 0 Å². The molecule has 0 bridgehead atoms. The third-order valence-electron chi connectivity index (χ3n) is 2.02. The van der Waals surface area contributed by atoms with Crippen molar-refractivity contribution in [2.45, 2.75) is 18.7 Å². The third kappa shape index (κ3) is 3.97. The molecule has 5 nitrogen and oxygen atoms in total. The first-order valence-electron chi connectivity index (χ1n) is 4.79. The summed E-state index contributed by atoms with van der Waals surface area (Å²) in [4.78, 5) is 3.73. The van der Waals surface area contributed by atoms with Crippen molar-refractivity contribution in [2.75, 3.05) is 6.54 Å². The lowest BCUT2D eigenvalue weighted by atomic mass is 9.97. The number of aromatic nitrogens is 1. The largest absolute Gasteiger partial charge is 0.244 e. The SMILES string of the molecule is CC(C)(C#N)CNS(=O)(=O)c1ccnc(Cl)c1. The monoisotopic (exact) mass is 273 g/mol. The molecule has 0 spiro atoms. The lowest BCUT2D eigenvalue weighted by molar-refractivity contribution is 0.479. The topological polar surface area (TPSA) is 82.9 Å². The van der Waals surface area contributed by atoms with E-state index in [1.54, 1.807) is 13.8 Å². The van der Waals surface area contributed by atoms with E-state index >= 15 is 0 Å². The van der Waals surface area contributed by atoms with Crippen molar-refractivity contribution in [1.29, 1.82) is 5.26 Å². The normalized spacial score (nSPS) is 12.1. The maximum absolute atomic E-state index is 11.8. The smallest absolute Gasteiger partial charge is 0.240 e. The molecule has 92 valence electrons. The fourth-order valence-electron chi connectivity index (χ4n) is 0.950. The Kier molecular flexibility index (Phi) is 4.09. The van der Waals surface area contributed by atoms with Crippen LogP contribution in [0.1, 0.15) is 13.8 Å². The van der Waals surface area contributed by atoms with Crippen molar-refractivity contribution >= 4 is 21.6 Å². The summed E-state index contributed by atoms with van der Waals surface area (Å²) in [5.41, 5.74) is -0.760. The summed E-state index contributed by atoms with van der Waals surface area (Å²) in [5.74, 6) is 0. The number of halogens is 1. The standard InChI is InChI=1S/C10H12ClN3O2S/c1-10(2,6-12)7-14-17(15,16)8-3-4-13-9(11)5-8/h3-5,14H,7H2,1-2H3. The Morgan fingerprint density at radius 2 is 2.24 bits per heavy atom. The average molecular weight is 274 g/mol. The van der Waals surface area contributed by atoms with Crippen LogP contribution in [-0.4, -0.2) is 19.9 Å². The van der Waals surface area contributed by atoms with Gasteiger partial charge in [-0.05, 0) is 26.0 Å². The minimum absolute atomic E-state index is 0.0335. The van der Waals surface area contributed by atoms with E-state index in [1.165, 1.54) is 18.3 Å². The first-order chi connectivity index (χ1) is 7.77. The quantitative estimate of drug-likeness (QED) is 0.844. The van der Waals surface area contributed by atoms with Gasteiger partial charge in [-0.1, -0.05) is 11.6 Å². The zero-order valence-corrected chi connectivity index (χ0v) is 11.0. The van der Waals surface area contributed by atoms with E-state index < -0.39 is 15.4 Å². The number of nitrogens with one attached hydrogen (secondary N) is 1. The fraction of sp³-hybridized carbons (Fsp3) is 0.400. The molecule has 0 fully saturated rings. The van der Waals surface area contributed by atoms with E-state index in [0.717, 1.165) is 0 Å². The molecule has 0 atom stereocenters. The first-order valence-corrected chi connectivity index (χ1v) is 6.65. The summed E-state index contributed by atoms with van der Waals surface area (Å²) in [6.45, 7) is 3.33. The molecule has 0 aliphatic rings. The van der Waals surface area contributed by atoms with Crippen LogP contribution in [0.2, 0.25) is 5.15 Å². The summed E-state index contributed by atoms with van der Waals surface area (Å²) >= 11 is 5.61. The highest BCUT2D eigenvalue weighted by molar-refractivity contribution is 7.89. The summed E-state index contributed by atoms with van der Waals surface area (Å²) in [6, 6.07) is 4.61. The van der Waals surface area contributed by atoms with Crippen molar-refractivity contribution in [3.63, 3.8) is 0 Å². The molecule has 7 heteroatoms. The number of pyridine rings is 1. The van der Waals surface area contributed by atoms with Crippen molar-refractivity contribution in [3.8, 4) is 6.07 Å². The molecule has 0 aromatic carbocycles. The van der Waals surface area contributed by atoms with Gasteiger partial charge in [0, 0.05) is 12.7 Å². The second kappa shape index (κ2) is 5.00. The Hall–Kier alpha value is -1.16. The Morgan fingerprint density at radius 3 is 2.76 bits per heavy atom. The van der Waals surface area contributed by atoms with Gasteiger partial charge in [-0.15, -0.1) is 0 Å². The van der Waals surface area contributed by atoms with Crippen LogP contribution in [0, 0.1) is 16.7 Å². The first kappa shape index (κ1) is 13.9. The molecular weight excluding hydrogens is 262 g/mol. The van der Waals surface area contributed by atoms with E-state index in [4.69, 9.17) is 16.9 Å². The van der Waals surface area contributed by atoms with E-state index in [1.807, 2.05) is 6.07 Å². The lowest BCUT2D eigenvalue weighted by Gasteiger charge is -2.15. The molecule has 0 amide bonds. The Labute approximate surface area is 105 Å². The predicted octanol–water partition coefficient (Wildman–Crippen LogP) is 1.56. The van der Waals surface area contributed by atoms with Crippen LogP contribution in [0.4, 0.5) is 0 Å². The van der Waals surface area contributed by atoms with E-state index in [2.05, 4.69) is 9.71 Å².